The van der Waals surface area contributed by atoms with Crippen molar-refractivity contribution in [1.29, 1.82) is 0 Å². The van der Waals surface area contributed by atoms with Crippen molar-refractivity contribution in [2.24, 2.45) is 5.92 Å². The zero-order valence-electron chi connectivity index (χ0n) is 13.8. The van der Waals surface area contributed by atoms with Crippen LogP contribution in [0.15, 0.2) is 30.3 Å². The molecule has 0 aliphatic carbocycles. The van der Waals surface area contributed by atoms with Crippen molar-refractivity contribution in [2.75, 3.05) is 19.8 Å². The highest BCUT2D eigenvalue weighted by molar-refractivity contribution is 6.07. The van der Waals surface area contributed by atoms with Gasteiger partial charge in [-0.25, -0.2) is 9.69 Å². The summed E-state index contributed by atoms with van der Waals surface area (Å²) in [7, 11) is 0. The van der Waals surface area contributed by atoms with E-state index in [0.29, 0.717) is 18.5 Å². The van der Waals surface area contributed by atoms with Crippen molar-refractivity contribution in [3.63, 3.8) is 0 Å². The first-order valence-electron chi connectivity index (χ1n) is 8.20. The number of nitrogens with zero attached hydrogens (tertiary/aromatic N) is 2. The maximum Gasteiger partial charge on any atom is 0.393 e. The molecule has 5 nitrogen and oxygen atoms in total. The Morgan fingerprint density at radius 3 is 2.56 bits per heavy atom. The number of urea groups is 1. The standard InChI is InChI=1S/C17H20F3N3O2/c1-16(12-6-3-2-4-7-12)14(24)23(15(25)21-16)11-22-9-5-8-13(10-22)17(18,19)20/h2-4,6-7,13H,5,8-11H2,1H3,(H,21,25)/t13-,16+/m0/s1. The maximum absolute atomic E-state index is 12.9. The van der Waals surface area contributed by atoms with Crippen molar-refractivity contribution in [3.8, 4) is 0 Å². The average molecular weight is 355 g/mol. The summed E-state index contributed by atoms with van der Waals surface area (Å²) in [6.07, 6.45) is -3.78. The Hall–Kier alpha value is -2.09. The lowest BCUT2D eigenvalue weighted by molar-refractivity contribution is -0.187. The Morgan fingerprint density at radius 1 is 1.24 bits per heavy atom. The zero-order chi connectivity index (χ0) is 18.2. The number of alkyl halides is 3. The van der Waals surface area contributed by atoms with E-state index in [2.05, 4.69) is 5.32 Å². The van der Waals surface area contributed by atoms with Gasteiger partial charge in [0.05, 0.1) is 12.6 Å². The SMILES string of the molecule is C[C@]1(c2ccccc2)NC(=O)N(CN2CCC[C@H](C(F)(F)F)C2)C1=O. The first kappa shape index (κ1) is 17.7. The van der Waals surface area contributed by atoms with Crippen LogP contribution in [0.3, 0.4) is 0 Å². The van der Waals surface area contributed by atoms with Gasteiger partial charge in [-0.2, -0.15) is 13.2 Å². The van der Waals surface area contributed by atoms with Crippen LogP contribution in [-0.2, 0) is 10.3 Å². The second-order valence-electron chi connectivity index (χ2n) is 6.75. The third-order valence-electron chi connectivity index (χ3n) is 4.94. The number of piperidine rings is 1. The first-order chi connectivity index (χ1) is 11.7. The molecule has 0 saturated carbocycles. The van der Waals surface area contributed by atoms with Crippen molar-refractivity contribution < 1.29 is 22.8 Å². The lowest BCUT2D eigenvalue weighted by Crippen LogP contribution is -2.48. The number of hydrogen-bond acceptors (Lipinski definition) is 3. The highest BCUT2D eigenvalue weighted by Gasteiger charge is 2.50. The van der Waals surface area contributed by atoms with Gasteiger partial charge in [0.25, 0.3) is 5.91 Å². The molecule has 0 radical (unpaired) electrons. The largest absolute Gasteiger partial charge is 0.393 e. The van der Waals surface area contributed by atoms with Crippen LogP contribution >= 0.6 is 0 Å². The van der Waals surface area contributed by atoms with Gasteiger partial charge in [0, 0.05) is 6.54 Å². The highest BCUT2D eigenvalue weighted by Crippen LogP contribution is 2.34. The van der Waals surface area contributed by atoms with Crippen LogP contribution in [0.5, 0.6) is 0 Å². The van der Waals surface area contributed by atoms with E-state index >= 15 is 0 Å². The van der Waals surface area contributed by atoms with Crippen LogP contribution in [0, 0.1) is 5.92 Å². The van der Waals surface area contributed by atoms with Gasteiger partial charge in [-0.3, -0.25) is 9.69 Å². The number of rotatable bonds is 3. The fourth-order valence-corrected chi connectivity index (χ4v) is 3.44. The normalized spacial score (nSPS) is 28.3. The highest BCUT2D eigenvalue weighted by atomic mass is 19.4. The van der Waals surface area contributed by atoms with Gasteiger partial charge in [0.2, 0.25) is 0 Å². The molecular weight excluding hydrogens is 335 g/mol. The van der Waals surface area contributed by atoms with E-state index in [1.54, 1.807) is 37.3 Å². The predicted octanol–water partition coefficient (Wildman–Crippen LogP) is 2.69. The fraction of sp³-hybridized carbons (Fsp3) is 0.529. The Balaban J connectivity index is 1.73. The number of hydrogen-bond donors (Lipinski definition) is 1. The Kier molecular flexibility index (Phi) is 4.49. The molecule has 2 fully saturated rings. The van der Waals surface area contributed by atoms with E-state index in [4.69, 9.17) is 0 Å². The molecule has 2 aliphatic heterocycles. The fourth-order valence-electron chi connectivity index (χ4n) is 3.44. The van der Waals surface area contributed by atoms with E-state index in [0.717, 1.165) is 4.90 Å². The third kappa shape index (κ3) is 3.35. The van der Waals surface area contributed by atoms with Crippen molar-refractivity contribution in [1.82, 2.24) is 15.1 Å². The topological polar surface area (TPSA) is 52.7 Å². The van der Waals surface area contributed by atoms with Crippen molar-refractivity contribution in [2.45, 2.75) is 31.5 Å². The molecule has 1 aromatic rings. The second kappa shape index (κ2) is 6.33. The zero-order valence-corrected chi connectivity index (χ0v) is 13.8. The molecule has 0 unspecified atom stereocenters. The molecule has 0 aromatic heterocycles. The van der Waals surface area contributed by atoms with Gasteiger partial charge in [-0.05, 0) is 31.9 Å². The second-order valence-corrected chi connectivity index (χ2v) is 6.75. The average Bonchev–Trinajstić information content (AvgIpc) is 2.80. The number of likely N-dealkylation sites (tertiary alicyclic amines) is 1. The summed E-state index contributed by atoms with van der Waals surface area (Å²) in [6.45, 7) is 1.73. The minimum absolute atomic E-state index is 0.0852. The molecule has 0 bridgehead atoms. The summed E-state index contributed by atoms with van der Waals surface area (Å²) >= 11 is 0. The molecule has 2 heterocycles. The van der Waals surface area contributed by atoms with Gasteiger partial charge < -0.3 is 5.32 Å². The maximum atomic E-state index is 12.9. The van der Waals surface area contributed by atoms with Crippen LogP contribution < -0.4 is 5.32 Å². The Labute approximate surface area is 143 Å². The number of carbonyl (C=O) groups excluding carboxylic acids is 2. The van der Waals surface area contributed by atoms with Gasteiger partial charge in [0.1, 0.15) is 5.54 Å². The number of benzene rings is 1. The van der Waals surface area contributed by atoms with E-state index in [1.807, 2.05) is 0 Å². The summed E-state index contributed by atoms with van der Waals surface area (Å²) in [5, 5.41) is 2.67. The Morgan fingerprint density at radius 2 is 1.92 bits per heavy atom. The number of nitrogens with one attached hydrogen (secondary N) is 1. The molecule has 1 N–H and O–H groups in total. The van der Waals surface area contributed by atoms with Crippen LogP contribution in [0.1, 0.15) is 25.3 Å². The van der Waals surface area contributed by atoms with Crippen LogP contribution in [-0.4, -0.2) is 47.7 Å². The van der Waals surface area contributed by atoms with Crippen LogP contribution in [0.2, 0.25) is 0 Å². The van der Waals surface area contributed by atoms with E-state index in [-0.39, 0.29) is 19.6 Å². The molecule has 2 atom stereocenters. The number of amides is 3. The summed E-state index contributed by atoms with van der Waals surface area (Å²) in [6, 6.07) is 8.23. The molecule has 3 rings (SSSR count). The third-order valence-corrected chi connectivity index (χ3v) is 4.94. The molecule has 0 spiro atoms. The lowest BCUT2D eigenvalue weighted by atomic mass is 9.92. The number of imide groups is 1. The molecule has 25 heavy (non-hydrogen) atoms. The lowest BCUT2D eigenvalue weighted by Gasteiger charge is -2.35. The van der Waals surface area contributed by atoms with Crippen molar-refractivity contribution in [3.05, 3.63) is 35.9 Å². The monoisotopic (exact) mass is 355 g/mol. The van der Waals surface area contributed by atoms with Gasteiger partial charge >= 0.3 is 12.2 Å². The van der Waals surface area contributed by atoms with E-state index < -0.39 is 29.6 Å². The summed E-state index contributed by atoms with van der Waals surface area (Å²) < 4.78 is 38.8. The first-order valence-corrected chi connectivity index (χ1v) is 8.20. The molecule has 3 amide bonds. The van der Waals surface area contributed by atoms with Crippen molar-refractivity contribution >= 4 is 11.9 Å². The van der Waals surface area contributed by atoms with Crippen LogP contribution in [0.25, 0.3) is 0 Å². The van der Waals surface area contributed by atoms with Gasteiger partial charge in [0.15, 0.2) is 0 Å². The molecule has 136 valence electrons. The minimum atomic E-state index is -4.26. The smallest absolute Gasteiger partial charge is 0.319 e. The summed E-state index contributed by atoms with van der Waals surface area (Å²) in [5.41, 5.74) is -0.556. The molecule has 2 aliphatic rings. The molecule has 8 heteroatoms. The predicted molar refractivity (Wildman–Crippen MR) is 84.4 cm³/mol. The van der Waals surface area contributed by atoms with Gasteiger partial charge in [-0.15, -0.1) is 0 Å². The van der Waals surface area contributed by atoms with Crippen LogP contribution in [0.4, 0.5) is 18.0 Å². The molecular formula is C17H20F3N3O2. The molecule has 1 aromatic carbocycles. The summed E-state index contributed by atoms with van der Waals surface area (Å²) in [5.74, 6) is -1.86. The number of carbonyl (C=O) groups is 2. The number of halogens is 3. The van der Waals surface area contributed by atoms with E-state index in [9.17, 15) is 22.8 Å². The Bertz CT molecular complexity index is 665. The summed E-state index contributed by atoms with van der Waals surface area (Å²) in [4.78, 5) is 27.6. The quantitative estimate of drug-likeness (QED) is 0.849. The van der Waals surface area contributed by atoms with Gasteiger partial charge in [-0.1, -0.05) is 30.3 Å². The molecule has 2 saturated heterocycles. The minimum Gasteiger partial charge on any atom is -0.319 e. The van der Waals surface area contributed by atoms with E-state index in [1.165, 1.54) is 4.90 Å².